The maximum absolute atomic E-state index is 13.6. The lowest BCUT2D eigenvalue weighted by Crippen LogP contribution is -2.48. The third kappa shape index (κ3) is 9.96. The molecule has 0 saturated heterocycles. The van der Waals surface area contributed by atoms with E-state index in [1.54, 1.807) is 52.0 Å². The minimum Gasteiger partial charge on any atom is -0.461 e. The molecule has 0 spiro atoms. The summed E-state index contributed by atoms with van der Waals surface area (Å²) in [5.41, 5.74) is 7.35. The lowest BCUT2D eigenvalue weighted by Gasteiger charge is -2.33. The fraction of sp³-hybridized carbons (Fsp3) is 0.515. The SMILES string of the molecule is Cc1cc(C(=O)CC(N)=Nc2ccc(CN(C(=O)OC(C)(C)C)[C@@H](CC(C)C)C(=O)OC3CCCC3)cc2)ccc1F. The van der Waals surface area contributed by atoms with Crippen LogP contribution in [0.4, 0.5) is 14.9 Å². The number of hydrogen-bond donors (Lipinski definition) is 1. The molecule has 1 saturated carbocycles. The van der Waals surface area contributed by atoms with Crippen LogP contribution < -0.4 is 5.73 Å². The molecule has 2 aromatic carbocycles. The molecule has 2 N–H and O–H groups in total. The Morgan fingerprint density at radius 1 is 1.07 bits per heavy atom. The topological polar surface area (TPSA) is 111 Å². The van der Waals surface area contributed by atoms with Gasteiger partial charge in [0.25, 0.3) is 0 Å². The molecule has 0 radical (unpaired) electrons. The first-order valence-corrected chi connectivity index (χ1v) is 14.6. The largest absolute Gasteiger partial charge is 0.461 e. The molecule has 2 aromatic rings. The Hall–Kier alpha value is -3.75. The molecule has 0 aliphatic heterocycles. The Kier molecular flexibility index (Phi) is 11.3. The minimum atomic E-state index is -0.796. The molecule has 1 aliphatic carbocycles. The summed E-state index contributed by atoms with van der Waals surface area (Å²) in [5.74, 6) is -0.782. The first-order chi connectivity index (χ1) is 19.7. The maximum atomic E-state index is 13.6. The van der Waals surface area contributed by atoms with Crippen LogP contribution in [0.15, 0.2) is 47.5 Å². The van der Waals surface area contributed by atoms with Crippen LogP contribution in [-0.2, 0) is 20.8 Å². The molecule has 0 aromatic heterocycles. The molecule has 1 amide bonds. The van der Waals surface area contributed by atoms with Crippen LogP contribution in [0.2, 0.25) is 0 Å². The van der Waals surface area contributed by atoms with E-state index in [1.165, 1.54) is 23.1 Å². The van der Waals surface area contributed by atoms with Crippen LogP contribution in [0.5, 0.6) is 0 Å². The van der Waals surface area contributed by atoms with Crippen molar-refractivity contribution in [2.45, 2.75) is 104 Å². The van der Waals surface area contributed by atoms with Gasteiger partial charge in [-0.05, 0) is 107 Å². The van der Waals surface area contributed by atoms with Crippen LogP contribution in [0, 0.1) is 18.7 Å². The molecular weight excluding hydrogens is 537 g/mol. The first-order valence-electron chi connectivity index (χ1n) is 14.6. The number of ketones is 1. The number of aliphatic imine (C=N–C) groups is 1. The number of aryl methyl sites for hydroxylation is 1. The molecular formula is C33H44FN3O5. The van der Waals surface area contributed by atoms with Gasteiger partial charge in [-0.15, -0.1) is 0 Å². The zero-order valence-corrected chi connectivity index (χ0v) is 25.6. The van der Waals surface area contributed by atoms with Crippen LogP contribution in [-0.4, -0.2) is 46.3 Å². The Labute approximate surface area is 248 Å². The summed E-state index contributed by atoms with van der Waals surface area (Å²) in [6, 6.07) is 10.4. The minimum absolute atomic E-state index is 0.112. The third-order valence-electron chi connectivity index (χ3n) is 6.94. The number of amidine groups is 1. The summed E-state index contributed by atoms with van der Waals surface area (Å²) in [4.78, 5) is 45.2. The number of esters is 1. The highest BCUT2D eigenvalue weighted by Gasteiger charge is 2.36. The van der Waals surface area contributed by atoms with E-state index < -0.39 is 23.7 Å². The van der Waals surface area contributed by atoms with E-state index in [0.29, 0.717) is 23.2 Å². The fourth-order valence-electron chi connectivity index (χ4n) is 4.83. The molecule has 42 heavy (non-hydrogen) atoms. The second-order valence-corrected chi connectivity index (χ2v) is 12.4. The number of Topliss-reactive ketones (excluding diaryl/α,β-unsaturated/α-hetero) is 1. The van der Waals surface area contributed by atoms with Crippen molar-refractivity contribution in [2.24, 2.45) is 16.6 Å². The summed E-state index contributed by atoms with van der Waals surface area (Å²) >= 11 is 0. The number of hydrogen-bond acceptors (Lipinski definition) is 6. The average Bonchev–Trinajstić information content (AvgIpc) is 3.40. The summed E-state index contributed by atoms with van der Waals surface area (Å²) in [6.07, 6.45) is 3.36. The summed E-state index contributed by atoms with van der Waals surface area (Å²) < 4.78 is 25.1. The van der Waals surface area contributed by atoms with Gasteiger partial charge < -0.3 is 15.2 Å². The Morgan fingerprint density at radius 2 is 1.71 bits per heavy atom. The predicted octanol–water partition coefficient (Wildman–Crippen LogP) is 7.03. The number of benzene rings is 2. The van der Waals surface area contributed by atoms with E-state index in [4.69, 9.17) is 15.2 Å². The average molecular weight is 582 g/mol. The smallest absolute Gasteiger partial charge is 0.411 e. The van der Waals surface area contributed by atoms with Gasteiger partial charge in [0.1, 0.15) is 29.4 Å². The number of ether oxygens (including phenoxy) is 2. The quantitative estimate of drug-likeness (QED) is 0.132. The molecule has 3 rings (SSSR count). The van der Waals surface area contributed by atoms with Gasteiger partial charge in [0, 0.05) is 12.1 Å². The highest BCUT2D eigenvalue weighted by Crippen LogP contribution is 2.26. The van der Waals surface area contributed by atoms with Crippen molar-refractivity contribution >= 4 is 29.4 Å². The number of rotatable bonds is 11. The Bertz CT molecular complexity index is 1280. The van der Waals surface area contributed by atoms with Gasteiger partial charge in [0.2, 0.25) is 0 Å². The van der Waals surface area contributed by atoms with Gasteiger partial charge in [-0.2, -0.15) is 0 Å². The maximum Gasteiger partial charge on any atom is 0.411 e. The van der Waals surface area contributed by atoms with Crippen molar-refractivity contribution in [3.05, 3.63) is 65.0 Å². The van der Waals surface area contributed by atoms with Gasteiger partial charge in [0.05, 0.1) is 12.1 Å². The van der Waals surface area contributed by atoms with Gasteiger partial charge in [0.15, 0.2) is 5.78 Å². The van der Waals surface area contributed by atoms with Gasteiger partial charge in [-0.3, -0.25) is 9.69 Å². The fourth-order valence-corrected chi connectivity index (χ4v) is 4.83. The van der Waals surface area contributed by atoms with Crippen LogP contribution >= 0.6 is 0 Å². The molecule has 1 aliphatic rings. The Morgan fingerprint density at radius 3 is 2.29 bits per heavy atom. The van der Waals surface area contributed by atoms with E-state index in [2.05, 4.69) is 4.99 Å². The number of amides is 1. The van der Waals surface area contributed by atoms with E-state index >= 15 is 0 Å². The van der Waals surface area contributed by atoms with Crippen molar-refractivity contribution in [2.75, 3.05) is 0 Å². The monoisotopic (exact) mass is 581 g/mol. The second-order valence-electron chi connectivity index (χ2n) is 12.4. The normalized spacial score (nSPS) is 15.0. The van der Waals surface area contributed by atoms with Gasteiger partial charge in [-0.1, -0.05) is 26.0 Å². The number of halogens is 1. The number of carbonyl (C=O) groups is 3. The van der Waals surface area contributed by atoms with E-state index in [1.807, 2.05) is 13.8 Å². The molecule has 0 heterocycles. The third-order valence-corrected chi connectivity index (χ3v) is 6.94. The van der Waals surface area contributed by atoms with E-state index in [0.717, 1.165) is 31.2 Å². The van der Waals surface area contributed by atoms with Crippen molar-refractivity contribution in [3.63, 3.8) is 0 Å². The highest BCUT2D eigenvalue weighted by molar-refractivity contribution is 6.09. The highest BCUT2D eigenvalue weighted by atomic mass is 19.1. The van der Waals surface area contributed by atoms with Crippen LogP contribution in [0.25, 0.3) is 0 Å². The Balaban J connectivity index is 1.78. The molecule has 9 heteroatoms. The van der Waals surface area contributed by atoms with Crippen molar-refractivity contribution in [3.8, 4) is 0 Å². The second kappa shape index (κ2) is 14.4. The van der Waals surface area contributed by atoms with Crippen LogP contribution in [0.3, 0.4) is 0 Å². The van der Waals surface area contributed by atoms with Gasteiger partial charge in [-0.25, -0.2) is 19.0 Å². The van der Waals surface area contributed by atoms with Crippen molar-refractivity contribution in [1.29, 1.82) is 0 Å². The molecule has 0 bridgehead atoms. The zero-order chi connectivity index (χ0) is 31.0. The molecule has 8 nitrogen and oxygen atoms in total. The standard InChI is InChI=1S/C33H44FN3O5/c1-21(2)17-28(31(39)41-26-9-7-8-10-26)37(32(40)42-33(4,5)6)20-23-11-14-25(15-12-23)36-30(35)19-29(38)24-13-16-27(34)22(3)18-24/h11-16,18,21,26,28H,7-10,17,19-20H2,1-6H3,(H2,35,36)/t28-/m0/s1. The first kappa shape index (κ1) is 32.8. The number of nitrogens with two attached hydrogens (primary N) is 1. The molecule has 228 valence electrons. The summed E-state index contributed by atoms with van der Waals surface area (Å²) in [5, 5.41) is 0. The predicted molar refractivity (Wildman–Crippen MR) is 161 cm³/mol. The van der Waals surface area contributed by atoms with Crippen molar-refractivity contribution < 1.29 is 28.2 Å². The number of carbonyl (C=O) groups excluding carboxylic acids is 3. The molecule has 1 atom stereocenters. The van der Waals surface area contributed by atoms with Crippen LogP contribution in [0.1, 0.15) is 94.6 Å². The molecule has 0 unspecified atom stereocenters. The van der Waals surface area contributed by atoms with E-state index in [-0.39, 0.29) is 42.4 Å². The lowest BCUT2D eigenvalue weighted by molar-refractivity contribution is -0.156. The summed E-state index contributed by atoms with van der Waals surface area (Å²) in [7, 11) is 0. The van der Waals surface area contributed by atoms with Crippen molar-refractivity contribution in [1.82, 2.24) is 4.90 Å². The molecule has 1 fully saturated rings. The zero-order valence-electron chi connectivity index (χ0n) is 25.6. The van der Waals surface area contributed by atoms with E-state index in [9.17, 15) is 18.8 Å². The summed E-state index contributed by atoms with van der Waals surface area (Å²) in [6.45, 7) is 11.1. The lowest BCUT2D eigenvalue weighted by atomic mass is 10.0. The van der Waals surface area contributed by atoms with Gasteiger partial charge >= 0.3 is 12.1 Å². The number of nitrogens with zero attached hydrogens (tertiary/aromatic N) is 2.